The van der Waals surface area contributed by atoms with Crippen LogP contribution < -0.4 is 5.32 Å². The van der Waals surface area contributed by atoms with E-state index in [4.69, 9.17) is 9.53 Å². The van der Waals surface area contributed by atoms with Gasteiger partial charge in [0.2, 0.25) is 0 Å². The number of hydrogen-bond acceptors (Lipinski definition) is 8. The molecule has 65 heavy (non-hydrogen) atoms. The molecule has 1 N–H and O–H groups in total. The maximum absolute atomic E-state index is 13.5. The number of unbranched alkanes of at least 4 members (excludes halogenated alkanes) is 23. The normalized spacial score (nSPS) is 12.2. The minimum absolute atomic E-state index is 0. The molecule has 0 bridgehead atoms. The number of esters is 1. The number of nitrogens with zero attached hydrogens (tertiary/aromatic N) is 2. The molecule has 1 aliphatic heterocycles. The standard InChI is InChI=1S/C47H83N3O4S.C7H16.CH2O.CH4.H2/c1-5-7-9-11-13-14-15-16-17-18-19-20-21-22-24-28-36-50-37-34-42-44(40-50)55-43(46(42)47(53)48-35-38-49(3)4)33-32-41(51)30-26-27-31-45(52)54-39-29-25-23-12-10-8-6-2;1-3-5-7-6-4-2;1-2;;/h16-17H,5-15,18-40H2,1-4H3,(H,48,53);3-7H2,1-2H3;1H2;1H4;1H/b17-16-;;;;. The molecule has 0 aromatic carbocycles. The lowest BCUT2D eigenvalue weighted by Gasteiger charge is -2.27. The van der Waals surface area contributed by atoms with Crippen LogP contribution in [-0.2, 0) is 38.5 Å². The van der Waals surface area contributed by atoms with Gasteiger partial charge in [-0.1, -0.05) is 176 Å². The van der Waals surface area contributed by atoms with Crippen LogP contribution in [0, 0.1) is 0 Å². The Bertz CT molecular complexity index is 1280. The number of rotatable bonds is 40. The molecule has 2 heterocycles. The van der Waals surface area contributed by atoms with Gasteiger partial charge in [-0.2, -0.15) is 0 Å². The van der Waals surface area contributed by atoms with E-state index in [-0.39, 0.29) is 26.5 Å². The average Bonchev–Trinajstić information content (AvgIpc) is 3.66. The van der Waals surface area contributed by atoms with E-state index in [0.717, 1.165) is 55.9 Å². The molecular formula is C56H107N3O5S. The summed E-state index contributed by atoms with van der Waals surface area (Å²) in [7, 11) is 4.03. The predicted molar refractivity (Wildman–Crippen MR) is 285 cm³/mol. The van der Waals surface area contributed by atoms with Crippen LogP contribution in [-0.4, -0.2) is 81.1 Å². The summed E-state index contributed by atoms with van der Waals surface area (Å²) in [6.45, 7) is 15.9. The first-order valence-electron chi connectivity index (χ1n) is 26.7. The molecule has 0 saturated heterocycles. The molecule has 0 unspecified atom stereocenters. The third kappa shape index (κ3) is 37.3. The maximum Gasteiger partial charge on any atom is 0.305 e. The van der Waals surface area contributed by atoms with Crippen LogP contribution in [0.5, 0.6) is 0 Å². The topological polar surface area (TPSA) is 96.0 Å². The van der Waals surface area contributed by atoms with Crippen molar-refractivity contribution in [1.29, 1.82) is 0 Å². The molecule has 9 heteroatoms. The van der Waals surface area contributed by atoms with Crippen molar-refractivity contribution in [2.45, 2.75) is 254 Å². The first kappa shape index (κ1) is 64.7. The summed E-state index contributed by atoms with van der Waals surface area (Å²) in [5, 5.41) is 3.16. The quantitative estimate of drug-likeness (QED) is 0.0398. The van der Waals surface area contributed by atoms with Gasteiger partial charge in [0.1, 0.15) is 12.6 Å². The Morgan fingerprint density at radius 1 is 0.677 bits per heavy atom. The fraction of sp³-hybridized carbons (Fsp3) is 0.821. The Labute approximate surface area is 408 Å². The molecule has 1 aliphatic rings. The van der Waals surface area contributed by atoms with Gasteiger partial charge in [0, 0.05) is 56.6 Å². The van der Waals surface area contributed by atoms with Crippen molar-refractivity contribution in [2.75, 3.05) is 46.9 Å². The highest BCUT2D eigenvalue weighted by Crippen LogP contribution is 2.34. The van der Waals surface area contributed by atoms with Crippen molar-refractivity contribution in [3.05, 3.63) is 33.0 Å². The van der Waals surface area contributed by atoms with Gasteiger partial charge in [-0.3, -0.25) is 19.3 Å². The monoisotopic (exact) mass is 934 g/mol. The van der Waals surface area contributed by atoms with Crippen LogP contribution in [0.2, 0.25) is 0 Å². The number of carbonyl (C=O) groups excluding carboxylic acids is 4. The van der Waals surface area contributed by atoms with E-state index in [2.05, 4.69) is 55.0 Å². The number of nitrogens with one attached hydrogen (secondary N) is 1. The summed E-state index contributed by atoms with van der Waals surface area (Å²) in [6, 6.07) is 0. The number of amides is 1. The fourth-order valence-corrected chi connectivity index (χ4v) is 9.57. The Morgan fingerprint density at radius 3 is 1.72 bits per heavy atom. The van der Waals surface area contributed by atoms with Gasteiger partial charge in [0.05, 0.1) is 12.2 Å². The number of carbonyl (C=O) groups is 4. The zero-order valence-electron chi connectivity index (χ0n) is 42.8. The van der Waals surface area contributed by atoms with Crippen molar-refractivity contribution in [1.82, 2.24) is 15.1 Å². The van der Waals surface area contributed by atoms with Crippen molar-refractivity contribution in [3.8, 4) is 0 Å². The number of Topliss-reactive ketones (excluding diaryl/α,β-unsaturated/α-hetero) is 1. The van der Waals surface area contributed by atoms with Crippen molar-refractivity contribution < 1.29 is 25.3 Å². The number of likely N-dealkylation sites (N-methyl/N-ethyl adjacent to an activating group) is 1. The summed E-state index contributed by atoms with van der Waals surface area (Å²) in [5.74, 6) is 0.0798. The predicted octanol–water partition coefficient (Wildman–Crippen LogP) is 15.5. The van der Waals surface area contributed by atoms with Crippen LogP contribution in [0.4, 0.5) is 0 Å². The number of ether oxygens (including phenoxy) is 1. The number of thiophene rings is 1. The smallest absolute Gasteiger partial charge is 0.305 e. The van der Waals surface area contributed by atoms with Crippen LogP contribution in [0.25, 0.3) is 0 Å². The molecule has 8 nitrogen and oxygen atoms in total. The molecule has 1 amide bonds. The molecule has 0 atom stereocenters. The molecule has 0 spiro atoms. The highest BCUT2D eigenvalue weighted by molar-refractivity contribution is 7.12. The second kappa shape index (κ2) is 48.1. The molecule has 0 aliphatic carbocycles. The van der Waals surface area contributed by atoms with Crippen LogP contribution in [0.1, 0.15) is 261 Å². The average molecular weight is 935 g/mol. The second-order valence-corrected chi connectivity index (χ2v) is 19.7. The third-order valence-electron chi connectivity index (χ3n) is 12.2. The molecule has 0 fully saturated rings. The van der Waals surface area contributed by atoms with E-state index in [9.17, 15) is 14.4 Å². The Balaban J connectivity index is -0.00000328. The van der Waals surface area contributed by atoms with Gasteiger partial charge < -0.3 is 19.7 Å². The van der Waals surface area contributed by atoms with E-state index in [1.807, 2.05) is 20.9 Å². The summed E-state index contributed by atoms with van der Waals surface area (Å²) in [6.07, 6.45) is 43.0. The zero-order valence-corrected chi connectivity index (χ0v) is 43.6. The fourth-order valence-electron chi connectivity index (χ4n) is 8.17. The van der Waals surface area contributed by atoms with E-state index in [1.54, 1.807) is 11.3 Å². The minimum atomic E-state index is -0.144. The molecule has 0 saturated carbocycles. The highest BCUT2D eigenvalue weighted by Gasteiger charge is 2.28. The van der Waals surface area contributed by atoms with Gasteiger partial charge in [-0.05, 0) is 90.4 Å². The highest BCUT2D eigenvalue weighted by atomic mass is 32.1. The second-order valence-electron chi connectivity index (χ2n) is 18.5. The molecular weight excluding hydrogens is 827 g/mol. The molecule has 1 aromatic rings. The first-order chi connectivity index (χ1) is 31.3. The Hall–Kier alpha value is -2.36. The van der Waals surface area contributed by atoms with Gasteiger partial charge in [0.25, 0.3) is 5.91 Å². The molecule has 382 valence electrons. The van der Waals surface area contributed by atoms with Gasteiger partial charge in [-0.25, -0.2) is 0 Å². The maximum atomic E-state index is 13.5. The van der Waals surface area contributed by atoms with Crippen LogP contribution >= 0.6 is 11.3 Å². The summed E-state index contributed by atoms with van der Waals surface area (Å²) < 4.78 is 5.41. The number of ketones is 1. The minimum Gasteiger partial charge on any atom is -0.466 e. The number of hydrogen-bond donors (Lipinski definition) is 1. The third-order valence-corrected chi connectivity index (χ3v) is 13.5. The van der Waals surface area contributed by atoms with Crippen molar-refractivity contribution in [2.24, 2.45) is 0 Å². The summed E-state index contributed by atoms with van der Waals surface area (Å²) in [5.41, 5.74) is 2.05. The number of aryl methyl sites for hydroxylation is 1. The molecule has 1 aromatic heterocycles. The van der Waals surface area contributed by atoms with Crippen LogP contribution in [0.15, 0.2) is 12.2 Å². The Kier molecular flexibility index (Phi) is 47.9. The van der Waals surface area contributed by atoms with E-state index in [1.165, 1.54) is 165 Å². The lowest BCUT2D eigenvalue weighted by molar-refractivity contribution is -0.144. The van der Waals surface area contributed by atoms with E-state index in [0.29, 0.717) is 51.7 Å². The summed E-state index contributed by atoms with van der Waals surface area (Å²) >= 11 is 1.76. The van der Waals surface area contributed by atoms with Gasteiger partial charge in [0.15, 0.2) is 0 Å². The molecule has 0 radical (unpaired) electrons. The van der Waals surface area contributed by atoms with Crippen molar-refractivity contribution in [3.63, 3.8) is 0 Å². The van der Waals surface area contributed by atoms with Gasteiger partial charge >= 0.3 is 5.97 Å². The largest absolute Gasteiger partial charge is 0.466 e. The zero-order chi connectivity index (χ0) is 47.3. The number of fused-ring (bicyclic) bond motifs is 1. The van der Waals surface area contributed by atoms with Crippen molar-refractivity contribution >= 4 is 35.8 Å². The number of allylic oxidation sites excluding steroid dienone is 2. The van der Waals surface area contributed by atoms with E-state index < -0.39 is 0 Å². The van der Waals surface area contributed by atoms with Crippen LogP contribution in [0.3, 0.4) is 0 Å². The van der Waals surface area contributed by atoms with E-state index >= 15 is 0 Å². The lowest BCUT2D eigenvalue weighted by Crippen LogP contribution is -2.34. The van der Waals surface area contributed by atoms with Gasteiger partial charge in [-0.15, -0.1) is 11.3 Å². The Morgan fingerprint density at radius 2 is 1.17 bits per heavy atom. The molecule has 2 rings (SSSR count). The summed E-state index contributed by atoms with van der Waals surface area (Å²) in [4.78, 5) is 53.6. The lowest BCUT2D eigenvalue weighted by atomic mass is 9.98. The SMILES string of the molecule is C.C=O.CCCCCCC.CCCCCCCC/C=C\CCCCCCCCN1CCc2c(sc(CCC(=O)CCCCC(=O)OCCCCCCCCC)c2C(=O)NCCN(C)C)C1.[HH]. The first-order valence-corrected chi connectivity index (χ1v) is 27.5.